The van der Waals surface area contributed by atoms with Crippen LogP contribution in [-0.2, 0) is 0 Å². The molecule has 34 heavy (non-hydrogen) atoms. The Morgan fingerprint density at radius 3 is 2.62 bits per heavy atom. The number of rotatable bonds is 5. The second kappa shape index (κ2) is 9.19. The van der Waals surface area contributed by atoms with Gasteiger partial charge in [-0.1, -0.05) is 54.6 Å². The second-order valence-electron chi connectivity index (χ2n) is 8.10. The molecule has 0 saturated carbocycles. The Balaban J connectivity index is 1.55. The van der Waals surface area contributed by atoms with E-state index in [1.165, 1.54) is 12.1 Å². The zero-order chi connectivity index (χ0) is 23.5. The number of benzene rings is 4. The van der Waals surface area contributed by atoms with E-state index >= 15 is 0 Å². The maximum atomic E-state index is 11.5. The highest BCUT2D eigenvalue weighted by atomic mass is 16.6. The third-order valence-electron chi connectivity index (χ3n) is 5.90. The summed E-state index contributed by atoms with van der Waals surface area (Å²) in [5, 5.41) is 13.5. The highest BCUT2D eigenvalue weighted by Gasteiger charge is 2.15. The van der Waals surface area contributed by atoms with Gasteiger partial charge in [0.1, 0.15) is 11.5 Å². The molecular weight excluding hydrogens is 426 g/mol. The summed E-state index contributed by atoms with van der Waals surface area (Å²) in [6.07, 6.45) is 3.75. The Morgan fingerprint density at radius 2 is 1.74 bits per heavy atom. The van der Waals surface area contributed by atoms with Gasteiger partial charge in [0.25, 0.3) is 5.69 Å². The van der Waals surface area contributed by atoms with Crippen molar-refractivity contribution in [3.8, 4) is 11.5 Å². The molecule has 0 unspecified atom stereocenters. The normalized spacial score (nSPS) is 13.4. The molecule has 0 fully saturated rings. The van der Waals surface area contributed by atoms with E-state index < -0.39 is 4.92 Å². The molecule has 0 amide bonds. The minimum atomic E-state index is -0.396. The van der Waals surface area contributed by atoms with E-state index in [2.05, 4.69) is 18.0 Å². The molecule has 0 spiro atoms. The summed E-state index contributed by atoms with van der Waals surface area (Å²) < 4.78 is 6.29. The number of hydrogen-bond acceptors (Lipinski definition) is 5. The second-order valence-corrected chi connectivity index (χ2v) is 8.10. The number of fused-ring (bicyclic) bond motifs is 2. The maximum absolute atomic E-state index is 11.5. The first-order valence-corrected chi connectivity index (χ1v) is 11.1. The number of benzodiazepines with no additional fused rings is 1. The van der Waals surface area contributed by atoms with E-state index in [0.717, 1.165) is 34.3 Å². The Bertz CT molecular complexity index is 1440. The molecule has 1 heterocycles. The van der Waals surface area contributed by atoms with Crippen LogP contribution in [-0.4, -0.2) is 30.8 Å². The van der Waals surface area contributed by atoms with Gasteiger partial charge in [0, 0.05) is 47.9 Å². The first-order valence-electron chi connectivity index (χ1n) is 11.1. The quantitative estimate of drug-likeness (QED) is 0.258. The summed E-state index contributed by atoms with van der Waals surface area (Å²) in [5.41, 5.74) is 3.59. The summed E-state index contributed by atoms with van der Waals surface area (Å²) in [7, 11) is 2.05. The SMILES string of the molecule is CN1CCN=C(C=Cc2cc([N+](=O)[O-])ccc2Oc2cccc3ccccc23)c2ccccc21. The first-order chi connectivity index (χ1) is 16.6. The van der Waals surface area contributed by atoms with Gasteiger partial charge in [0.15, 0.2) is 0 Å². The lowest BCUT2D eigenvalue weighted by Gasteiger charge is -2.18. The number of allylic oxidation sites excluding steroid dienone is 1. The van der Waals surface area contributed by atoms with Crippen LogP contribution in [0.5, 0.6) is 11.5 Å². The number of nitro groups is 1. The zero-order valence-corrected chi connectivity index (χ0v) is 18.7. The van der Waals surface area contributed by atoms with Crippen LogP contribution >= 0.6 is 0 Å². The molecule has 1 aliphatic heterocycles. The fourth-order valence-electron chi connectivity index (χ4n) is 4.14. The molecule has 0 aromatic heterocycles. The van der Waals surface area contributed by atoms with E-state index in [1.807, 2.05) is 72.8 Å². The van der Waals surface area contributed by atoms with Gasteiger partial charge in [-0.15, -0.1) is 0 Å². The fraction of sp³-hybridized carbons (Fsp3) is 0.107. The number of nitrogens with zero attached hydrogens (tertiary/aromatic N) is 3. The molecule has 1 aliphatic rings. The molecule has 168 valence electrons. The number of aliphatic imine (C=N–C) groups is 1. The van der Waals surface area contributed by atoms with Crippen molar-refractivity contribution in [1.29, 1.82) is 0 Å². The maximum Gasteiger partial charge on any atom is 0.270 e. The van der Waals surface area contributed by atoms with E-state index in [1.54, 1.807) is 6.07 Å². The van der Waals surface area contributed by atoms with E-state index in [0.29, 0.717) is 23.6 Å². The van der Waals surface area contributed by atoms with Crippen LogP contribution in [0, 0.1) is 10.1 Å². The number of nitro benzene ring substituents is 1. The third-order valence-corrected chi connectivity index (χ3v) is 5.90. The molecule has 0 atom stereocenters. The average Bonchev–Trinajstić information content (AvgIpc) is 3.02. The standard InChI is InChI=1S/C28H23N3O3/c1-30-18-17-29-25(24-10-4-5-11-26(24)30)15-13-21-19-22(31(32)33)14-16-27(21)34-28-12-6-8-20-7-2-3-9-23(20)28/h2-16,19H,17-18H2,1H3. The van der Waals surface area contributed by atoms with E-state index in [9.17, 15) is 10.1 Å². The van der Waals surface area contributed by atoms with Gasteiger partial charge >= 0.3 is 0 Å². The van der Waals surface area contributed by atoms with Gasteiger partial charge in [0.05, 0.1) is 17.2 Å². The largest absolute Gasteiger partial charge is 0.456 e. The van der Waals surface area contributed by atoms with Crippen LogP contribution in [0.4, 0.5) is 11.4 Å². The van der Waals surface area contributed by atoms with Gasteiger partial charge in [-0.05, 0) is 35.7 Å². The lowest BCUT2D eigenvalue weighted by atomic mass is 10.0. The molecule has 0 radical (unpaired) electrons. The molecule has 4 aromatic carbocycles. The highest BCUT2D eigenvalue weighted by molar-refractivity contribution is 6.14. The predicted molar refractivity (Wildman–Crippen MR) is 137 cm³/mol. The van der Waals surface area contributed by atoms with Gasteiger partial charge in [-0.3, -0.25) is 15.1 Å². The van der Waals surface area contributed by atoms with Crippen molar-refractivity contribution in [2.75, 3.05) is 25.0 Å². The van der Waals surface area contributed by atoms with Crippen molar-refractivity contribution in [1.82, 2.24) is 0 Å². The lowest BCUT2D eigenvalue weighted by Crippen LogP contribution is -2.20. The number of ether oxygens (including phenoxy) is 1. The fourth-order valence-corrected chi connectivity index (χ4v) is 4.14. The number of non-ortho nitro benzene ring substituents is 1. The monoisotopic (exact) mass is 449 g/mol. The smallest absolute Gasteiger partial charge is 0.270 e. The van der Waals surface area contributed by atoms with Crippen LogP contribution in [0.3, 0.4) is 0 Å². The van der Waals surface area contributed by atoms with E-state index in [4.69, 9.17) is 9.73 Å². The summed E-state index contributed by atoms with van der Waals surface area (Å²) in [6.45, 7) is 1.49. The van der Waals surface area contributed by atoms with Gasteiger partial charge in [-0.2, -0.15) is 0 Å². The summed E-state index contributed by atoms with van der Waals surface area (Å²) >= 11 is 0. The molecular formula is C28H23N3O3. The van der Waals surface area contributed by atoms with Crippen molar-refractivity contribution in [2.45, 2.75) is 0 Å². The minimum Gasteiger partial charge on any atom is -0.456 e. The Kier molecular flexibility index (Phi) is 5.79. The molecule has 0 aliphatic carbocycles. The summed E-state index contributed by atoms with van der Waals surface area (Å²) in [5.74, 6) is 1.23. The summed E-state index contributed by atoms with van der Waals surface area (Å²) in [6, 6.07) is 26.6. The van der Waals surface area contributed by atoms with Crippen molar-refractivity contribution in [3.05, 3.63) is 112 Å². The molecule has 0 bridgehead atoms. The molecule has 0 saturated heterocycles. The van der Waals surface area contributed by atoms with Crippen molar-refractivity contribution in [2.24, 2.45) is 4.99 Å². The van der Waals surface area contributed by atoms with Gasteiger partial charge < -0.3 is 9.64 Å². The van der Waals surface area contributed by atoms with Gasteiger partial charge in [0.2, 0.25) is 0 Å². The third kappa shape index (κ3) is 4.26. The topological polar surface area (TPSA) is 68.0 Å². The van der Waals surface area contributed by atoms with Crippen molar-refractivity contribution < 1.29 is 9.66 Å². The van der Waals surface area contributed by atoms with Crippen LogP contribution < -0.4 is 9.64 Å². The lowest BCUT2D eigenvalue weighted by molar-refractivity contribution is -0.384. The Morgan fingerprint density at radius 1 is 0.941 bits per heavy atom. The highest BCUT2D eigenvalue weighted by Crippen LogP contribution is 2.34. The van der Waals surface area contributed by atoms with Crippen LogP contribution in [0.15, 0.2) is 96.0 Å². The molecule has 6 heteroatoms. The van der Waals surface area contributed by atoms with Crippen LogP contribution in [0.2, 0.25) is 0 Å². The van der Waals surface area contributed by atoms with Crippen LogP contribution in [0.1, 0.15) is 11.1 Å². The average molecular weight is 450 g/mol. The molecule has 5 rings (SSSR count). The number of likely N-dealkylation sites (N-methyl/N-ethyl adjacent to an activating group) is 1. The first kappa shape index (κ1) is 21.4. The Hall–Kier alpha value is -4.45. The molecule has 6 nitrogen and oxygen atoms in total. The van der Waals surface area contributed by atoms with E-state index in [-0.39, 0.29) is 5.69 Å². The van der Waals surface area contributed by atoms with Crippen molar-refractivity contribution in [3.63, 3.8) is 0 Å². The van der Waals surface area contributed by atoms with Gasteiger partial charge in [-0.25, -0.2) is 0 Å². The van der Waals surface area contributed by atoms with Crippen LogP contribution in [0.25, 0.3) is 16.8 Å². The van der Waals surface area contributed by atoms with Crippen molar-refractivity contribution >= 4 is 33.9 Å². The Labute approximate surface area is 197 Å². The molecule has 0 N–H and O–H groups in total. The molecule has 4 aromatic rings. The number of para-hydroxylation sites is 1. The zero-order valence-electron chi connectivity index (χ0n) is 18.7. The summed E-state index contributed by atoms with van der Waals surface area (Å²) in [4.78, 5) is 18.0. The number of hydrogen-bond donors (Lipinski definition) is 0. The predicted octanol–water partition coefficient (Wildman–Crippen LogP) is 6.49. The minimum absolute atomic E-state index is 0.00728. The number of anilines is 1.